The lowest BCUT2D eigenvalue weighted by molar-refractivity contribution is -0.107. The molecule has 0 aliphatic carbocycles. The van der Waals surface area contributed by atoms with E-state index in [9.17, 15) is 4.79 Å². The lowest BCUT2D eigenvalue weighted by Gasteiger charge is -2.09. The molecule has 1 N–H and O–H groups in total. The van der Waals surface area contributed by atoms with Gasteiger partial charge in [-0.2, -0.15) is 0 Å². The quantitative estimate of drug-likeness (QED) is 0.772. The van der Waals surface area contributed by atoms with E-state index in [1.807, 2.05) is 20.9 Å². The molecule has 1 rings (SSSR count). The molecular formula is C14H23NO. The summed E-state index contributed by atoms with van der Waals surface area (Å²) in [6.45, 7) is 6.14. The molecule has 0 atom stereocenters. The summed E-state index contributed by atoms with van der Waals surface area (Å²) in [7, 11) is 1.91. The SMILES string of the molecule is CC.CCc1ccc(NC)c(CCC=O)c1. The van der Waals surface area contributed by atoms with Gasteiger partial charge in [0.05, 0.1) is 0 Å². The zero-order chi connectivity index (χ0) is 12.4. The molecule has 16 heavy (non-hydrogen) atoms. The van der Waals surface area contributed by atoms with Gasteiger partial charge in [0.15, 0.2) is 0 Å². The van der Waals surface area contributed by atoms with Crippen molar-refractivity contribution in [2.45, 2.75) is 40.0 Å². The normalized spacial score (nSPS) is 9.00. The molecule has 1 aromatic carbocycles. The fraction of sp³-hybridized carbons (Fsp3) is 0.500. The fourth-order valence-electron chi connectivity index (χ4n) is 1.53. The molecule has 0 spiro atoms. The van der Waals surface area contributed by atoms with Crippen molar-refractivity contribution < 1.29 is 4.79 Å². The first-order chi connectivity index (χ1) is 7.81. The number of carbonyl (C=O) groups excluding carboxylic acids is 1. The van der Waals surface area contributed by atoms with E-state index in [4.69, 9.17) is 0 Å². The van der Waals surface area contributed by atoms with Crippen LogP contribution in [0, 0.1) is 0 Å². The van der Waals surface area contributed by atoms with Crippen molar-refractivity contribution in [3.63, 3.8) is 0 Å². The molecular weight excluding hydrogens is 198 g/mol. The molecule has 1 aromatic rings. The summed E-state index contributed by atoms with van der Waals surface area (Å²) >= 11 is 0. The van der Waals surface area contributed by atoms with Crippen LogP contribution in [-0.2, 0) is 17.6 Å². The number of hydrogen-bond acceptors (Lipinski definition) is 2. The molecule has 2 heteroatoms. The van der Waals surface area contributed by atoms with E-state index in [-0.39, 0.29) is 0 Å². The molecule has 0 radical (unpaired) electrons. The number of aldehydes is 1. The summed E-state index contributed by atoms with van der Waals surface area (Å²) in [6, 6.07) is 6.38. The zero-order valence-electron chi connectivity index (χ0n) is 10.8. The Morgan fingerprint density at radius 2 is 2.00 bits per heavy atom. The van der Waals surface area contributed by atoms with E-state index in [2.05, 4.69) is 30.4 Å². The van der Waals surface area contributed by atoms with Crippen molar-refractivity contribution in [1.82, 2.24) is 0 Å². The molecule has 0 heterocycles. The molecule has 0 aliphatic rings. The minimum atomic E-state index is 0.599. The van der Waals surface area contributed by atoms with E-state index in [0.717, 1.165) is 24.8 Å². The molecule has 0 amide bonds. The minimum Gasteiger partial charge on any atom is -0.388 e. The van der Waals surface area contributed by atoms with Gasteiger partial charge in [-0.05, 0) is 30.0 Å². The summed E-state index contributed by atoms with van der Waals surface area (Å²) in [4.78, 5) is 10.3. The summed E-state index contributed by atoms with van der Waals surface area (Å²) in [5.74, 6) is 0. The van der Waals surface area contributed by atoms with Crippen molar-refractivity contribution >= 4 is 12.0 Å². The average Bonchev–Trinajstić information content (AvgIpc) is 2.38. The molecule has 90 valence electrons. The molecule has 0 aliphatic heterocycles. The Labute approximate surface area is 99.1 Å². The first-order valence-electron chi connectivity index (χ1n) is 6.05. The molecule has 0 aromatic heterocycles. The maximum atomic E-state index is 10.3. The lowest BCUT2D eigenvalue weighted by Crippen LogP contribution is -1.97. The van der Waals surface area contributed by atoms with Crippen LogP contribution in [0.2, 0.25) is 0 Å². The van der Waals surface area contributed by atoms with Gasteiger partial charge in [-0.25, -0.2) is 0 Å². The van der Waals surface area contributed by atoms with Crippen molar-refractivity contribution in [2.75, 3.05) is 12.4 Å². The van der Waals surface area contributed by atoms with Crippen LogP contribution < -0.4 is 5.32 Å². The molecule has 0 saturated heterocycles. The van der Waals surface area contributed by atoms with Gasteiger partial charge in [0.2, 0.25) is 0 Å². The second-order valence-electron chi connectivity index (χ2n) is 3.30. The smallest absolute Gasteiger partial charge is 0.120 e. The van der Waals surface area contributed by atoms with E-state index in [1.165, 1.54) is 11.1 Å². The van der Waals surface area contributed by atoms with Crippen molar-refractivity contribution in [2.24, 2.45) is 0 Å². The van der Waals surface area contributed by atoms with Gasteiger partial charge >= 0.3 is 0 Å². The monoisotopic (exact) mass is 221 g/mol. The second kappa shape index (κ2) is 8.96. The highest BCUT2D eigenvalue weighted by Gasteiger charge is 2.01. The predicted molar refractivity (Wildman–Crippen MR) is 71.1 cm³/mol. The zero-order valence-corrected chi connectivity index (χ0v) is 10.8. The van der Waals surface area contributed by atoms with E-state index >= 15 is 0 Å². The highest BCUT2D eigenvalue weighted by molar-refractivity contribution is 5.56. The molecule has 0 unspecified atom stereocenters. The number of aryl methyl sites for hydroxylation is 2. The van der Waals surface area contributed by atoms with Crippen molar-refractivity contribution in [1.29, 1.82) is 0 Å². The van der Waals surface area contributed by atoms with Crippen LogP contribution in [0.1, 0.15) is 38.3 Å². The Morgan fingerprint density at radius 1 is 1.31 bits per heavy atom. The third kappa shape index (κ3) is 4.47. The lowest BCUT2D eigenvalue weighted by atomic mass is 10.0. The van der Waals surface area contributed by atoms with E-state index in [0.29, 0.717) is 6.42 Å². The highest BCUT2D eigenvalue weighted by atomic mass is 16.1. The van der Waals surface area contributed by atoms with Gasteiger partial charge < -0.3 is 10.1 Å². The van der Waals surface area contributed by atoms with Gasteiger partial charge in [0, 0.05) is 19.2 Å². The molecule has 2 nitrogen and oxygen atoms in total. The Morgan fingerprint density at radius 3 is 2.50 bits per heavy atom. The van der Waals surface area contributed by atoms with Gasteiger partial charge in [0.1, 0.15) is 6.29 Å². The topological polar surface area (TPSA) is 29.1 Å². The van der Waals surface area contributed by atoms with Crippen LogP contribution in [-0.4, -0.2) is 13.3 Å². The Hall–Kier alpha value is -1.31. The molecule has 0 bridgehead atoms. The number of anilines is 1. The van der Waals surface area contributed by atoms with E-state index < -0.39 is 0 Å². The van der Waals surface area contributed by atoms with Crippen LogP contribution in [0.25, 0.3) is 0 Å². The first-order valence-corrected chi connectivity index (χ1v) is 6.05. The maximum absolute atomic E-state index is 10.3. The second-order valence-corrected chi connectivity index (χ2v) is 3.30. The Kier molecular flexibility index (Phi) is 8.22. The van der Waals surface area contributed by atoms with Crippen LogP contribution >= 0.6 is 0 Å². The first kappa shape index (κ1) is 14.7. The predicted octanol–water partition coefficient (Wildman–Crippen LogP) is 3.45. The number of rotatable bonds is 5. The van der Waals surface area contributed by atoms with Gasteiger partial charge in [-0.1, -0.05) is 32.9 Å². The van der Waals surface area contributed by atoms with Crippen LogP contribution in [0.5, 0.6) is 0 Å². The molecule has 0 saturated carbocycles. The molecule has 0 fully saturated rings. The van der Waals surface area contributed by atoms with Gasteiger partial charge in [-0.15, -0.1) is 0 Å². The number of nitrogens with one attached hydrogen (secondary N) is 1. The average molecular weight is 221 g/mol. The summed E-state index contributed by atoms with van der Waals surface area (Å²) < 4.78 is 0. The number of benzene rings is 1. The Balaban J connectivity index is 0.00000106. The van der Waals surface area contributed by atoms with Gasteiger partial charge in [-0.3, -0.25) is 0 Å². The van der Waals surface area contributed by atoms with Gasteiger partial charge in [0.25, 0.3) is 0 Å². The third-order valence-corrected chi connectivity index (χ3v) is 2.38. The standard InChI is InChI=1S/C12H17NO.C2H6/c1-3-10-6-7-12(13-2)11(9-10)5-4-8-14;1-2/h6-9,13H,3-5H2,1-2H3;1-2H3. The summed E-state index contributed by atoms with van der Waals surface area (Å²) in [5, 5.41) is 3.14. The number of hydrogen-bond donors (Lipinski definition) is 1. The fourth-order valence-corrected chi connectivity index (χ4v) is 1.53. The summed E-state index contributed by atoms with van der Waals surface area (Å²) in [6.07, 6.45) is 3.44. The van der Waals surface area contributed by atoms with E-state index in [1.54, 1.807) is 0 Å². The van der Waals surface area contributed by atoms with Crippen molar-refractivity contribution in [3.05, 3.63) is 29.3 Å². The van der Waals surface area contributed by atoms with Crippen LogP contribution in [0.4, 0.5) is 5.69 Å². The van der Waals surface area contributed by atoms with Crippen LogP contribution in [0.3, 0.4) is 0 Å². The largest absolute Gasteiger partial charge is 0.388 e. The van der Waals surface area contributed by atoms with Crippen LogP contribution in [0.15, 0.2) is 18.2 Å². The Bertz CT molecular complexity index is 308. The summed E-state index contributed by atoms with van der Waals surface area (Å²) in [5.41, 5.74) is 3.69. The minimum absolute atomic E-state index is 0.599. The van der Waals surface area contributed by atoms with Crippen molar-refractivity contribution in [3.8, 4) is 0 Å². The maximum Gasteiger partial charge on any atom is 0.120 e. The third-order valence-electron chi connectivity index (χ3n) is 2.38. The highest BCUT2D eigenvalue weighted by Crippen LogP contribution is 2.18. The number of carbonyl (C=O) groups is 1.